The summed E-state index contributed by atoms with van der Waals surface area (Å²) in [6, 6.07) is 4.81. The van der Waals surface area contributed by atoms with Gasteiger partial charge < -0.3 is 4.74 Å². The first-order chi connectivity index (χ1) is 13.4. The third-order valence-corrected chi connectivity index (χ3v) is 4.41. The lowest BCUT2D eigenvalue weighted by atomic mass is 9.94. The smallest absolute Gasteiger partial charge is 0.275 e. The molecule has 2 radical (unpaired) electrons. The molecular formula is C18H15BFN5O3. The van der Waals surface area contributed by atoms with Gasteiger partial charge in [-0.3, -0.25) is 14.9 Å². The molecule has 28 heavy (non-hydrogen) atoms. The zero-order valence-corrected chi connectivity index (χ0v) is 14.9. The number of amides is 1. The van der Waals surface area contributed by atoms with Crippen LogP contribution >= 0.6 is 0 Å². The van der Waals surface area contributed by atoms with Gasteiger partial charge in [0.15, 0.2) is 5.82 Å². The average Bonchev–Trinajstić information content (AvgIpc) is 3.35. The zero-order valence-electron chi connectivity index (χ0n) is 14.9. The van der Waals surface area contributed by atoms with Crippen LogP contribution in [0.25, 0.3) is 10.8 Å². The molecule has 140 valence electrons. The van der Waals surface area contributed by atoms with E-state index >= 15 is 0 Å². The van der Waals surface area contributed by atoms with Gasteiger partial charge in [-0.2, -0.15) is 0 Å². The number of carbonyl (C=O) groups excluding carboxylic acids is 1. The van der Waals surface area contributed by atoms with Gasteiger partial charge in [0.2, 0.25) is 17.7 Å². The average molecular weight is 379 g/mol. The van der Waals surface area contributed by atoms with Crippen LogP contribution in [0.3, 0.4) is 0 Å². The number of nitrogens with one attached hydrogen (secondary N) is 1. The van der Waals surface area contributed by atoms with Gasteiger partial charge in [0.05, 0.1) is 23.2 Å². The third kappa shape index (κ3) is 3.71. The standard InChI is InChI=1S/C18H15BFN5O3/c1-9-4-14(9)28-16-13-5-10(19)2-3-12(13)17(27)25(24-16)8-15(26)23-18-21-6-11(20)7-22-18/h2-3,5-7,9,14H,4,8H2,1H3,(H,21,22,23,26)/t9-,14+/m1/s1. The van der Waals surface area contributed by atoms with E-state index < -0.39 is 17.3 Å². The van der Waals surface area contributed by atoms with E-state index in [4.69, 9.17) is 12.6 Å². The van der Waals surface area contributed by atoms with Crippen LogP contribution in [0, 0.1) is 11.7 Å². The first-order valence-electron chi connectivity index (χ1n) is 8.65. The van der Waals surface area contributed by atoms with Crippen molar-refractivity contribution in [1.29, 1.82) is 0 Å². The maximum Gasteiger partial charge on any atom is 0.275 e. The van der Waals surface area contributed by atoms with Crippen molar-refractivity contribution in [3.05, 3.63) is 46.8 Å². The molecule has 2 aromatic heterocycles. The second kappa shape index (κ2) is 7.03. The van der Waals surface area contributed by atoms with Crippen molar-refractivity contribution in [2.45, 2.75) is 26.0 Å². The van der Waals surface area contributed by atoms with E-state index in [2.05, 4.69) is 20.4 Å². The van der Waals surface area contributed by atoms with Crippen LogP contribution in [0.4, 0.5) is 10.3 Å². The molecule has 0 bridgehead atoms. The van der Waals surface area contributed by atoms with Crippen molar-refractivity contribution >= 4 is 35.9 Å². The maximum atomic E-state index is 12.9. The van der Waals surface area contributed by atoms with E-state index in [-0.39, 0.29) is 24.5 Å². The Morgan fingerprint density at radius 2 is 2.07 bits per heavy atom. The van der Waals surface area contributed by atoms with Crippen LogP contribution in [0.15, 0.2) is 35.4 Å². The molecule has 1 fully saturated rings. The van der Waals surface area contributed by atoms with Crippen molar-refractivity contribution in [3.63, 3.8) is 0 Å². The third-order valence-electron chi connectivity index (χ3n) is 4.41. The van der Waals surface area contributed by atoms with Gasteiger partial charge in [0, 0.05) is 0 Å². The number of carbonyl (C=O) groups is 1. The number of benzene rings is 1. The number of nitrogens with zero attached hydrogens (tertiary/aromatic N) is 4. The Labute approximate surface area is 160 Å². The summed E-state index contributed by atoms with van der Waals surface area (Å²) < 4.78 is 19.8. The topological polar surface area (TPSA) is 99.0 Å². The molecule has 0 aliphatic heterocycles. The lowest BCUT2D eigenvalue weighted by molar-refractivity contribution is -0.117. The van der Waals surface area contributed by atoms with Crippen molar-refractivity contribution in [3.8, 4) is 5.88 Å². The van der Waals surface area contributed by atoms with Gasteiger partial charge in [0.25, 0.3) is 5.56 Å². The molecule has 0 unspecified atom stereocenters. The first-order valence-corrected chi connectivity index (χ1v) is 8.65. The summed E-state index contributed by atoms with van der Waals surface area (Å²) in [5.41, 5.74) is 0.0210. The first kappa shape index (κ1) is 18.1. The van der Waals surface area contributed by atoms with E-state index in [0.717, 1.165) is 23.5 Å². The highest BCUT2D eigenvalue weighted by Crippen LogP contribution is 2.35. The fraction of sp³-hybridized carbons (Fsp3) is 0.278. The molecule has 1 aliphatic rings. The summed E-state index contributed by atoms with van der Waals surface area (Å²) in [5.74, 6) is -0.627. The summed E-state index contributed by atoms with van der Waals surface area (Å²) in [7, 11) is 5.84. The Morgan fingerprint density at radius 1 is 1.36 bits per heavy atom. The molecule has 0 spiro atoms. The number of anilines is 1. The number of rotatable bonds is 5. The normalized spacial score (nSPS) is 18.1. The van der Waals surface area contributed by atoms with Crippen molar-refractivity contribution in [2.75, 3.05) is 5.32 Å². The number of fused-ring (bicyclic) bond motifs is 1. The summed E-state index contributed by atoms with van der Waals surface area (Å²) in [6.45, 7) is 1.67. The second-order valence-corrected chi connectivity index (χ2v) is 6.72. The van der Waals surface area contributed by atoms with E-state index in [1.165, 1.54) is 0 Å². The lowest BCUT2D eigenvalue weighted by Gasteiger charge is -2.12. The lowest BCUT2D eigenvalue weighted by Crippen LogP contribution is -2.31. The van der Waals surface area contributed by atoms with Crippen LogP contribution in [-0.4, -0.2) is 39.6 Å². The fourth-order valence-electron chi connectivity index (χ4n) is 2.74. The van der Waals surface area contributed by atoms with E-state index in [1.54, 1.807) is 18.2 Å². The number of aromatic nitrogens is 4. The Bertz CT molecular complexity index is 1120. The van der Waals surface area contributed by atoms with Crippen LogP contribution in [0.2, 0.25) is 0 Å². The molecule has 1 aliphatic carbocycles. The maximum absolute atomic E-state index is 12.9. The van der Waals surface area contributed by atoms with Gasteiger partial charge in [-0.15, -0.1) is 5.10 Å². The molecule has 1 aromatic carbocycles. The molecular weight excluding hydrogens is 364 g/mol. The van der Waals surface area contributed by atoms with E-state index in [0.29, 0.717) is 22.2 Å². The van der Waals surface area contributed by atoms with Gasteiger partial charge in [-0.05, 0) is 18.4 Å². The van der Waals surface area contributed by atoms with Gasteiger partial charge in [0.1, 0.15) is 20.5 Å². The number of halogens is 1. The zero-order chi connectivity index (χ0) is 19.8. The fourth-order valence-corrected chi connectivity index (χ4v) is 2.74. The Hall–Kier alpha value is -3.30. The molecule has 2 heterocycles. The molecule has 1 N–H and O–H groups in total. The van der Waals surface area contributed by atoms with Gasteiger partial charge in [-0.25, -0.2) is 19.0 Å². The Kier molecular flexibility index (Phi) is 4.54. The summed E-state index contributed by atoms with van der Waals surface area (Å²) >= 11 is 0. The molecule has 1 saturated carbocycles. The van der Waals surface area contributed by atoms with Gasteiger partial charge in [-0.1, -0.05) is 24.5 Å². The minimum atomic E-state index is -0.624. The largest absolute Gasteiger partial charge is 0.473 e. The van der Waals surface area contributed by atoms with E-state index in [1.807, 2.05) is 6.92 Å². The molecule has 8 nitrogen and oxygen atoms in total. The molecule has 1 amide bonds. The predicted octanol–water partition coefficient (Wildman–Crippen LogP) is 0.545. The number of hydrogen-bond acceptors (Lipinski definition) is 6. The predicted molar refractivity (Wildman–Crippen MR) is 100 cm³/mol. The van der Waals surface area contributed by atoms with Crippen molar-refractivity contribution in [1.82, 2.24) is 19.7 Å². The summed E-state index contributed by atoms with van der Waals surface area (Å²) in [5, 5.41) is 7.46. The summed E-state index contributed by atoms with van der Waals surface area (Å²) in [4.78, 5) is 32.3. The van der Waals surface area contributed by atoms with Gasteiger partial charge >= 0.3 is 0 Å². The minimum absolute atomic E-state index is 0.0181. The second-order valence-electron chi connectivity index (χ2n) is 6.72. The molecule has 3 aromatic rings. The number of hydrogen-bond donors (Lipinski definition) is 1. The highest BCUT2D eigenvalue weighted by Gasteiger charge is 2.36. The highest BCUT2D eigenvalue weighted by atomic mass is 19.1. The van der Waals surface area contributed by atoms with E-state index in [9.17, 15) is 14.0 Å². The molecule has 10 heteroatoms. The molecule has 0 saturated heterocycles. The highest BCUT2D eigenvalue weighted by molar-refractivity contribution is 6.33. The molecule has 2 atom stereocenters. The van der Waals surface area contributed by atoms with Crippen molar-refractivity contribution in [2.24, 2.45) is 5.92 Å². The summed E-state index contributed by atoms with van der Waals surface area (Å²) in [6.07, 6.45) is 2.77. The minimum Gasteiger partial charge on any atom is -0.473 e. The van der Waals surface area contributed by atoms with Crippen LogP contribution in [0.5, 0.6) is 5.88 Å². The quantitative estimate of drug-likeness (QED) is 0.650. The molecule has 4 rings (SSSR count). The Balaban J connectivity index is 1.65. The number of ether oxygens (including phenoxy) is 1. The van der Waals surface area contributed by atoms with Crippen LogP contribution in [-0.2, 0) is 11.3 Å². The van der Waals surface area contributed by atoms with Crippen LogP contribution in [0.1, 0.15) is 13.3 Å². The Morgan fingerprint density at radius 3 is 2.75 bits per heavy atom. The van der Waals surface area contributed by atoms with Crippen molar-refractivity contribution < 1.29 is 13.9 Å². The SMILES string of the molecule is [B]c1ccc2c(=O)n(CC(=O)Nc3ncc(F)cn3)nc(O[C@H]3C[C@H]3C)c2c1. The van der Waals surface area contributed by atoms with Crippen LogP contribution < -0.4 is 21.1 Å². The monoisotopic (exact) mass is 379 g/mol.